The van der Waals surface area contributed by atoms with Crippen molar-refractivity contribution in [1.29, 1.82) is 5.26 Å². The Morgan fingerprint density at radius 2 is 1.88 bits per heavy atom. The van der Waals surface area contributed by atoms with Crippen LogP contribution in [0.25, 0.3) is 6.08 Å². The van der Waals surface area contributed by atoms with Gasteiger partial charge >= 0.3 is 0 Å². The normalized spacial score (nSPS) is 13.8. The van der Waals surface area contributed by atoms with Crippen LogP contribution in [0.15, 0.2) is 70.0 Å². The van der Waals surface area contributed by atoms with Crippen molar-refractivity contribution in [3.8, 4) is 23.3 Å². The molecule has 1 saturated heterocycles. The maximum atomic E-state index is 13.0. The Labute approximate surface area is 243 Å². The Balaban J connectivity index is 1.48. The Kier molecular flexibility index (Phi) is 9.47. The lowest BCUT2D eigenvalue weighted by molar-refractivity contribution is -0.127. The lowest BCUT2D eigenvalue weighted by Crippen LogP contribution is -2.36. The first-order chi connectivity index (χ1) is 19.3. The number of carbonyl (C=O) groups excluding carboxylic acids is 3. The van der Waals surface area contributed by atoms with Gasteiger partial charge in [-0.3, -0.25) is 19.3 Å². The standard InChI is InChI=1S/C29H24BrN3O6S/c1-3-38-24-13-18(12-23(30)27(24)39-17-20-7-5-4-6-19(20)15-31)14-25-28(35)33(29(36)40-25)16-26(34)32-21-8-10-22(37-2)11-9-21/h4-14H,3,16-17H2,1-2H3,(H,32,34)/b25-14+. The van der Waals surface area contributed by atoms with E-state index < -0.39 is 23.6 Å². The number of halogens is 1. The zero-order chi connectivity index (χ0) is 28.6. The largest absolute Gasteiger partial charge is 0.497 e. The maximum Gasteiger partial charge on any atom is 0.294 e. The van der Waals surface area contributed by atoms with Gasteiger partial charge in [0, 0.05) is 11.3 Å². The molecule has 1 aliphatic heterocycles. The van der Waals surface area contributed by atoms with E-state index in [9.17, 15) is 19.6 Å². The molecular formula is C29H24BrN3O6S. The molecule has 0 radical (unpaired) electrons. The van der Waals surface area contributed by atoms with Crippen molar-refractivity contribution in [3.63, 3.8) is 0 Å². The number of amides is 3. The van der Waals surface area contributed by atoms with Gasteiger partial charge in [0.15, 0.2) is 11.5 Å². The summed E-state index contributed by atoms with van der Waals surface area (Å²) in [6, 6.07) is 19.4. The molecule has 3 aromatic rings. The number of hydrogen-bond acceptors (Lipinski definition) is 8. The third kappa shape index (κ3) is 6.83. The highest BCUT2D eigenvalue weighted by molar-refractivity contribution is 9.10. The van der Waals surface area contributed by atoms with Crippen molar-refractivity contribution in [2.24, 2.45) is 0 Å². The number of imide groups is 1. The number of rotatable bonds is 10. The van der Waals surface area contributed by atoms with Crippen LogP contribution in [-0.4, -0.2) is 42.2 Å². The van der Waals surface area contributed by atoms with Gasteiger partial charge in [0.1, 0.15) is 18.9 Å². The van der Waals surface area contributed by atoms with Gasteiger partial charge in [-0.05, 0) is 88.7 Å². The van der Waals surface area contributed by atoms with Crippen LogP contribution < -0.4 is 19.5 Å². The molecule has 1 aliphatic rings. The molecule has 0 saturated carbocycles. The number of hydrogen-bond donors (Lipinski definition) is 1. The molecule has 11 heteroatoms. The Morgan fingerprint density at radius 3 is 2.58 bits per heavy atom. The molecule has 1 N–H and O–H groups in total. The van der Waals surface area contributed by atoms with Crippen LogP contribution in [0.1, 0.15) is 23.6 Å². The number of nitrogens with one attached hydrogen (secondary N) is 1. The fraction of sp³-hybridized carbons (Fsp3) is 0.172. The number of carbonyl (C=O) groups is 3. The highest BCUT2D eigenvalue weighted by Crippen LogP contribution is 2.40. The minimum Gasteiger partial charge on any atom is -0.497 e. The number of anilines is 1. The van der Waals surface area contributed by atoms with Crippen molar-refractivity contribution >= 4 is 56.5 Å². The van der Waals surface area contributed by atoms with Crippen LogP contribution in [-0.2, 0) is 16.2 Å². The van der Waals surface area contributed by atoms with E-state index >= 15 is 0 Å². The summed E-state index contributed by atoms with van der Waals surface area (Å²) >= 11 is 4.26. The Morgan fingerprint density at radius 1 is 1.12 bits per heavy atom. The third-order valence-electron chi connectivity index (χ3n) is 5.69. The highest BCUT2D eigenvalue weighted by atomic mass is 79.9. The Hall–Kier alpha value is -4.27. The minimum atomic E-state index is -0.567. The zero-order valence-corrected chi connectivity index (χ0v) is 24.0. The van der Waals surface area contributed by atoms with Crippen LogP contribution >= 0.6 is 27.7 Å². The van der Waals surface area contributed by atoms with E-state index in [4.69, 9.17) is 14.2 Å². The minimum absolute atomic E-state index is 0.152. The van der Waals surface area contributed by atoms with Crippen LogP contribution in [0.2, 0.25) is 0 Å². The Bertz CT molecular complexity index is 1520. The summed E-state index contributed by atoms with van der Waals surface area (Å²) in [5, 5.41) is 11.5. The van der Waals surface area contributed by atoms with Crippen molar-refractivity contribution in [2.45, 2.75) is 13.5 Å². The van der Waals surface area contributed by atoms with Gasteiger partial charge in [-0.25, -0.2) is 0 Å². The molecule has 0 unspecified atom stereocenters. The van der Waals surface area contributed by atoms with Crippen LogP contribution in [0.4, 0.5) is 10.5 Å². The van der Waals surface area contributed by atoms with Crippen molar-refractivity contribution < 1.29 is 28.6 Å². The van der Waals surface area contributed by atoms with E-state index in [1.54, 1.807) is 54.6 Å². The van der Waals surface area contributed by atoms with Gasteiger partial charge in [0.05, 0.1) is 34.7 Å². The molecule has 3 amide bonds. The molecule has 0 bridgehead atoms. The molecule has 0 atom stereocenters. The topological polar surface area (TPSA) is 118 Å². The summed E-state index contributed by atoms with van der Waals surface area (Å²) in [4.78, 5) is 39.2. The van der Waals surface area contributed by atoms with Gasteiger partial charge in [-0.1, -0.05) is 18.2 Å². The molecule has 0 aliphatic carbocycles. The van der Waals surface area contributed by atoms with Crippen LogP contribution in [0.5, 0.6) is 17.2 Å². The van der Waals surface area contributed by atoms with E-state index in [1.807, 2.05) is 19.1 Å². The fourth-order valence-corrected chi connectivity index (χ4v) is 5.20. The summed E-state index contributed by atoms with van der Waals surface area (Å²) < 4.78 is 17.5. The molecular weight excluding hydrogens is 598 g/mol. The lowest BCUT2D eigenvalue weighted by atomic mass is 10.1. The molecule has 204 valence electrons. The maximum absolute atomic E-state index is 13.0. The summed E-state index contributed by atoms with van der Waals surface area (Å²) in [5.41, 5.74) is 2.35. The number of nitrogens with zero attached hydrogens (tertiary/aromatic N) is 2. The predicted octanol–water partition coefficient (Wildman–Crippen LogP) is 5.98. The monoisotopic (exact) mass is 621 g/mol. The van der Waals surface area contributed by atoms with E-state index in [1.165, 1.54) is 7.11 Å². The lowest BCUT2D eigenvalue weighted by Gasteiger charge is -2.15. The summed E-state index contributed by atoms with van der Waals surface area (Å²) in [6.07, 6.45) is 1.56. The van der Waals surface area contributed by atoms with Gasteiger partial charge in [0.2, 0.25) is 5.91 Å². The second-order valence-electron chi connectivity index (χ2n) is 8.37. The third-order valence-corrected chi connectivity index (χ3v) is 7.18. The zero-order valence-electron chi connectivity index (χ0n) is 21.6. The molecule has 9 nitrogen and oxygen atoms in total. The number of nitriles is 1. The first-order valence-electron chi connectivity index (χ1n) is 12.1. The van der Waals surface area contributed by atoms with Crippen molar-refractivity contribution in [1.82, 2.24) is 4.90 Å². The summed E-state index contributed by atoms with van der Waals surface area (Å²) in [6.45, 7) is 1.93. The quantitative estimate of drug-likeness (QED) is 0.275. The number of benzene rings is 3. The van der Waals surface area contributed by atoms with E-state index in [0.717, 1.165) is 22.2 Å². The predicted molar refractivity (Wildman–Crippen MR) is 155 cm³/mol. The molecule has 3 aromatic carbocycles. The molecule has 0 aromatic heterocycles. The highest BCUT2D eigenvalue weighted by Gasteiger charge is 2.36. The van der Waals surface area contributed by atoms with Gasteiger partial charge in [0.25, 0.3) is 11.1 Å². The summed E-state index contributed by atoms with van der Waals surface area (Å²) in [7, 11) is 1.54. The number of thioether (sulfide) groups is 1. The number of methoxy groups -OCH3 is 1. The average molecular weight is 622 g/mol. The molecule has 0 spiro atoms. The molecule has 1 heterocycles. The average Bonchev–Trinajstić information content (AvgIpc) is 3.20. The fourth-order valence-electron chi connectivity index (χ4n) is 3.79. The molecule has 4 rings (SSSR count). The smallest absolute Gasteiger partial charge is 0.294 e. The van der Waals surface area contributed by atoms with E-state index in [-0.39, 0.29) is 11.5 Å². The van der Waals surface area contributed by atoms with Gasteiger partial charge in [-0.15, -0.1) is 0 Å². The van der Waals surface area contributed by atoms with Gasteiger partial charge < -0.3 is 19.5 Å². The second kappa shape index (κ2) is 13.2. The van der Waals surface area contributed by atoms with Gasteiger partial charge in [-0.2, -0.15) is 5.26 Å². The SMILES string of the molecule is CCOc1cc(/C=C2/SC(=O)N(CC(=O)Nc3ccc(OC)cc3)C2=O)cc(Br)c1OCc1ccccc1C#N. The van der Waals surface area contributed by atoms with Crippen LogP contribution in [0, 0.1) is 11.3 Å². The van der Waals surface area contributed by atoms with E-state index in [0.29, 0.717) is 45.1 Å². The first kappa shape index (κ1) is 28.7. The first-order valence-corrected chi connectivity index (χ1v) is 13.7. The molecule has 40 heavy (non-hydrogen) atoms. The van der Waals surface area contributed by atoms with Crippen molar-refractivity contribution in [3.05, 3.63) is 86.7 Å². The van der Waals surface area contributed by atoms with E-state index in [2.05, 4.69) is 27.3 Å². The number of ether oxygens (including phenoxy) is 3. The van der Waals surface area contributed by atoms with Crippen molar-refractivity contribution in [2.75, 3.05) is 25.6 Å². The summed E-state index contributed by atoms with van der Waals surface area (Å²) in [5.74, 6) is 0.430. The van der Waals surface area contributed by atoms with Crippen LogP contribution in [0.3, 0.4) is 0 Å². The second-order valence-corrected chi connectivity index (χ2v) is 10.2. The molecule has 1 fully saturated rings.